The van der Waals surface area contributed by atoms with Gasteiger partial charge in [-0.3, -0.25) is 19.4 Å². The third kappa shape index (κ3) is 6.98. The molecule has 0 saturated carbocycles. The predicted molar refractivity (Wildman–Crippen MR) is 205 cm³/mol. The molecule has 18 heteroatoms. The average Bonchev–Trinajstić information content (AvgIpc) is 3.50. The Labute approximate surface area is 327 Å². The van der Waals surface area contributed by atoms with Crippen molar-refractivity contribution in [3.05, 3.63) is 113 Å². The molecule has 4 aliphatic rings. The lowest BCUT2D eigenvalue weighted by Crippen LogP contribution is -2.41. The molecule has 4 aromatic rings. The van der Waals surface area contributed by atoms with Gasteiger partial charge in [-0.05, 0) is 61.0 Å². The number of esters is 2. The molecule has 0 fully saturated rings. The second-order valence-corrected chi connectivity index (χ2v) is 13.2. The molecule has 0 bridgehead atoms. The van der Waals surface area contributed by atoms with E-state index in [4.69, 9.17) is 24.7 Å². The lowest BCUT2D eigenvalue weighted by atomic mass is 9.77. The van der Waals surface area contributed by atoms with Crippen molar-refractivity contribution in [2.24, 2.45) is 25.7 Å². The fraction of sp³-hybridized carbons (Fsp3) is 0.175. The van der Waals surface area contributed by atoms with E-state index in [9.17, 15) is 34.2 Å². The van der Waals surface area contributed by atoms with Crippen LogP contribution in [0.2, 0.25) is 0 Å². The Balaban J connectivity index is 0.899. The number of amides is 2. The van der Waals surface area contributed by atoms with Crippen molar-refractivity contribution >= 4 is 59.1 Å². The van der Waals surface area contributed by atoms with Gasteiger partial charge in [0.25, 0.3) is 11.8 Å². The van der Waals surface area contributed by atoms with Crippen LogP contribution < -0.4 is 30.6 Å². The molecule has 1 spiro atoms. The highest BCUT2D eigenvalue weighted by molar-refractivity contribution is 6.38. The number of aliphatic imine (C=N–C) groups is 4. The van der Waals surface area contributed by atoms with Gasteiger partial charge in [0.05, 0.1) is 24.0 Å². The van der Waals surface area contributed by atoms with Gasteiger partial charge in [0.15, 0.2) is 24.3 Å². The Morgan fingerprint density at radius 1 is 0.914 bits per heavy atom. The first kappa shape index (κ1) is 37.2. The molecule has 18 nitrogen and oxygen atoms in total. The number of carbonyl (C=O) groups excluding carboxylic acids is 4. The number of aliphatic hydroxyl groups is 1. The van der Waals surface area contributed by atoms with Crippen LogP contribution in [0.5, 0.6) is 23.0 Å². The van der Waals surface area contributed by atoms with Crippen molar-refractivity contribution in [1.29, 1.82) is 0 Å². The number of hydrogen-bond acceptors (Lipinski definition) is 15. The minimum Gasteiger partial charge on any atom is -0.480 e. The predicted octanol–water partition coefficient (Wildman–Crippen LogP) is 2.71. The second-order valence-electron chi connectivity index (χ2n) is 13.2. The van der Waals surface area contributed by atoms with Crippen LogP contribution >= 0.6 is 0 Å². The normalized spacial score (nSPS) is 18.8. The monoisotopic (exact) mass is 785 g/mol. The first-order valence-corrected chi connectivity index (χ1v) is 17.7. The number of benzene rings is 4. The number of aliphatic carboxylic acids is 1. The molecule has 292 valence electrons. The Hall–Kier alpha value is -7.73. The van der Waals surface area contributed by atoms with Crippen molar-refractivity contribution in [2.75, 3.05) is 18.7 Å². The molecule has 4 aliphatic heterocycles. The Kier molecular flexibility index (Phi) is 9.67. The van der Waals surface area contributed by atoms with Crippen LogP contribution in [0.4, 0.5) is 5.69 Å². The van der Waals surface area contributed by atoms with Crippen LogP contribution in [-0.4, -0.2) is 89.1 Å². The summed E-state index contributed by atoms with van der Waals surface area (Å²) in [4.78, 5) is 79.3. The van der Waals surface area contributed by atoms with E-state index in [0.29, 0.717) is 39.4 Å². The number of rotatable bonds is 12. The zero-order valence-corrected chi connectivity index (χ0v) is 30.1. The lowest BCUT2D eigenvalue weighted by molar-refractivity contribution is -0.140. The number of aliphatic hydroxyl groups excluding tert-OH is 1. The smallest absolute Gasteiger partial charge is 0.340 e. The van der Waals surface area contributed by atoms with E-state index < -0.39 is 54.2 Å². The van der Waals surface area contributed by atoms with Gasteiger partial charge < -0.3 is 45.5 Å². The van der Waals surface area contributed by atoms with Gasteiger partial charge in [-0.15, -0.1) is 0 Å². The summed E-state index contributed by atoms with van der Waals surface area (Å²) in [5.41, 5.74) is 7.26. The summed E-state index contributed by atoms with van der Waals surface area (Å²) >= 11 is 0. The van der Waals surface area contributed by atoms with Gasteiger partial charge >= 0.3 is 17.9 Å². The fourth-order valence-electron chi connectivity index (χ4n) is 6.87. The number of guanidine groups is 1. The molecule has 8 rings (SSSR count). The minimum absolute atomic E-state index is 0.0654. The molecule has 0 radical (unpaired) electrons. The highest BCUT2D eigenvalue weighted by Crippen LogP contribution is 2.57. The maximum atomic E-state index is 13.1. The van der Waals surface area contributed by atoms with Crippen molar-refractivity contribution < 1.29 is 53.1 Å². The second kappa shape index (κ2) is 15.1. The number of nitrogens with two attached hydrogens (primary N) is 1. The number of nitrogens with one attached hydrogen (secondary N) is 2. The molecule has 0 aliphatic carbocycles. The third-order valence-corrected chi connectivity index (χ3v) is 9.55. The molecule has 3 atom stereocenters. The minimum atomic E-state index is -1.42. The molecule has 6 N–H and O–H groups in total. The van der Waals surface area contributed by atoms with Crippen LogP contribution in [0.3, 0.4) is 0 Å². The molecule has 58 heavy (non-hydrogen) atoms. The largest absolute Gasteiger partial charge is 0.480 e. The van der Waals surface area contributed by atoms with Gasteiger partial charge in [0, 0.05) is 46.5 Å². The number of amidine groups is 1. The van der Waals surface area contributed by atoms with Crippen molar-refractivity contribution in [1.82, 2.24) is 5.32 Å². The van der Waals surface area contributed by atoms with E-state index in [1.54, 1.807) is 60.7 Å². The van der Waals surface area contributed by atoms with Crippen LogP contribution in [0, 0.1) is 0 Å². The molecular weight excluding hydrogens is 754 g/mol. The zero-order valence-electron chi connectivity index (χ0n) is 30.1. The number of nitrogens with zero attached hydrogens (tertiary/aromatic N) is 4. The van der Waals surface area contributed by atoms with Crippen LogP contribution in [0.25, 0.3) is 0 Å². The van der Waals surface area contributed by atoms with Gasteiger partial charge in [0.2, 0.25) is 5.96 Å². The van der Waals surface area contributed by atoms with Crippen molar-refractivity contribution in [3.8, 4) is 23.0 Å². The maximum absolute atomic E-state index is 13.1. The zero-order chi connectivity index (χ0) is 40.6. The standard InChI is InChI=1S/C40H31N7O11/c41-39-46-34-33(36(51)47-39)44-22(18-43-34)17-42-21-7-5-20(6-8-21)35(50)45-29(37(52)53)13-14-32(49)56-24-10-12-28-31(16-24)57-30-15-23(55-19-48)9-11-27(30)40(28)26-4-2-1-3-25(26)38(54)58-40/h1-12,15-16,18,29,33,42,48H,13-14,17,19H2,(H,45,50)(H,52,53)(H2,41,47,51). The number of fused-ring (bicyclic) bond motifs is 7. The van der Waals surface area contributed by atoms with Gasteiger partial charge in [-0.25, -0.2) is 14.6 Å². The number of carboxylic acid groups (broad SMARTS) is 1. The first-order valence-electron chi connectivity index (χ1n) is 17.7. The average molecular weight is 786 g/mol. The van der Waals surface area contributed by atoms with E-state index >= 15 is 0 Å². The molecule has 4 aromatic carbocycles. The van der Waals surface area contributed by atoms with E-state index in [0.717, 1.165) is 0 Å². The van der Waals surface area contributed by atoms with Crippen LogP contribution in [0.1, 0.15) is 50.2 Å². The molecule has 0 saturated heterocycles. The van der Waals surface area contributed by atoms with Gasteiger partial charge in [0.1, 0.15) is 29.0 Å². The maximum Gasteiger partial charge on any atom is 0.340 e. The lowest BCUT2D eigenvalue weighted by Gasteiger charge is -2.36. The number of anilines is 1. The highest BCUT2D eigenvalue weighted by Gasteiger charge is 2.53. The van der Waals surface area contributed by atoms with Crippen molar-refractivity contribution in [3.63, 3.8) is 0 Å². The van der Waals surface area contributed by atoms with E-state index in [1.807, 2.05) is 0 Å². The molecule has 3 unspecified atom stereocenters. The topological polar surface area (TPSA) is 262 Å². The number of ether oxygens (including phenoxy) is 4. The van der Waals surface area contributed by atoms with Gasteiger partial charge in [-0.1, -0.05) is 18.2 Å². The van der Waals surface area contributed by atoms with Crippen LogP contribution in [-0.2, 0) is 24.7 Å². The summed E-state index contributed by atoms with van der Waals surface area (Å²) in [6, 6.07) is 20.2. The third-order valence-electron chi connectivity index (χ3n) is 9.55. The summed E-state index contributed by atoms with van der Waals surface area (Å²) in [5.74, 6) is -3.08. The summed E-state index contributed by atoms with van der Waals surface area (Å²) in [5, 5.41) is 24.7. The Bertz CT molecular complexity index is 2530. The van der Waals surface area contributed by atoms with E-state index in [2.05, 4.69) is 30.6 Å². The van der Waals surface area contributed by atoms with Crippen LogP contribution in [0.15, 0.2) is 105 Å². The van der Waals surface area contributed by atoms with E-state index in [1.165, 1.54) is 30.5 Å². The highest BCUT2D eigenvalue weighted by atomic mass is 16.6. The summed E-state index contributed by atoms with van der Waals surface area (Å²) in [7, 11) is 0. The summed E-state index contributed by atoms with van der Waals surface area (Å²) in [6.45, 7) is -0.385. The SMILES string of the molecule is NC1=NC(=O)C2N=C(CNc3ccc(C(=O)NC(CCC(=O)Oc4ccc5c(c4)Oc4cc(OCO)ccc4C54OC(=O)c5ccccc54)C(=O)O)cc3)C=NC2=N1. The summed E-state index contributed by atoms with van der Waals surface area (Å²) < 4.78 is 23.1. The first-order chi connectivity index (χ1) is 28.0. The fourth-order valence-corrected chi connectivity index (χ4v) is 6.87. The molecule has 0 aromatic heterocycles. The number of carbonyl (C=O) groups is 5. The van der Waals surface area contributed by atoms with Crippen molar-refractivity contribution in [2.45, 2.75) is 30.5 Å². The molecular formula is C40H31N7O11. The molecule has 2 amide bonds. The number of hydrogen-bond donors (Lipinski definition) is 5. The Morgan fingerprint density at radius 2 is 1.64 bits per heavy atom. The molecule has 4 heterocycles. The Morgan fingerprint density at radius 3 is 2.38 bits per heavy atom. The van der Waals surface area contributed by atoms with E-state index in [-0.39, 0.29) is 54.0 Å². The quantitative estimate of drug-likeness (QED) is 0.0787. The summed E-state index contributed by atoms with van der Waals surface area (Å²) in [6.07, 6.45) is 0.800. The van der Waals surface area contributed by atoms with Gasteiger partial charge in [-0.2, -0.15) is 9.98 Å². The number of carboxylic acids is 1.